The molecule has 1 unspecified atom stereocenters. The number of benzene rings is 1. The first-order valence-corrected chi connectivity index (χ1v) is 7.99. The van der Waals surface area contributed by atoms with Crippen LogP contribution in [-0.4, -0.2) is 15.2 Å². The van der Waals surface area contributed by atoms with Gasteiger partial charge in [-0.05, 0) is 53.6 Å². The van der Waals surface area contributed by atoms with Crippen LogP contribution in [0.4, 0.5) is 5.69 Å². The SMILES string of the molecule is CC(Nc1ccc(Sc2ncn[nH]2)cc1)c1ccsc1. The van der Waals surface area contributed by atoms with Crippen molar-refractivity contribution < 1.29 is 0 Å². The van der Waals surface area contributed by atoms with E-state index in [1.54, 1.807) is 23.1 Å². The van der Waals surface area contributed by atoms with E-state index in [-0.39, 0.29) is 0 Å². The van der Waals surface area contributed by atoms with E-state index in [1.165, 1.54) is 11.9 Å². The first-order chi connectivity index (χ1) is 9.81. The Morgan fingerprint density at radius 2 is 2.10 bits per heavy atom. The smallest absolute Gasteiger partial charge is 0.188 e. The van der Waals surface area contributed by atoms with Crippen LogP contribution in [0.5, 0.6) is 0 Å². The second kappa shape index (κ2) is 6.11. The van der Waals surface area contributed by atoms with Gasteiger partial charge in [-0.2, -0.15) is 16.4 Å². The highest BCUT2D eigenvalue weighted by molar-refractivity contribution is 7.99. The summed E-state index contributed by atoms with van der Waals surface area (Å²) >= 11 is 3.29. The molecule has 0 aliphatic rings. The zero-order valence-electron chi connectivity index (χ0n) is 10.9. The van der Waals surface area contributed by atoms with Crippen LogP contribution < -0.4 is 5.32 Å². The fourth-order valence-corrected chi connectivity index (χ4v) is 3.28. The molecule has 0 radical (unpaired) electrons. The Hall–Kier alpha value is -1.79. The molecule has 6 heteroatoms. The van der Waals surface area contributed by atoms with Crippen molar-refractivity contribution in [2.75, 3.05) is 5.32 Å². The highest BCUT2D eigenvalue weighted by atomic mass is 32.2. The molecular weight excluding hydrogens is 288 g/mol. The quantitative estimate of drug-likeness (QED) is 0.742. The van der Waals surface area contributed by atoms with E-state index in [9.17, 15) is 0 Å². The monoisotopic (exact) mass is 302 g/mol. The van der Waals surface area contributed by atoms with E-state index < -0.39 is 0 Å². The van der Waals surface area contributed by atoms with Crippen molar-refractivity contribution in [1.82, 2.24) is 15.2 Å². The molecule has 0 saturated heterocycles. The van der Waals surface area contributed by atoms with Gasteiger partial charge in [0.25, 0.3) is 0 Å². The highest BCUT2D eigenvalue weighted by Crippen LogP contribution is 2.27. The van der Waals surface area contributed by atoms with Crippen LogP contribution in [0.25, 0.3) is 0 Å². The van der Waals surface area contributed by atoms with Crippen molar-refractivity contribution >= 4 is 28.8 Å². The minimum Gasteiger partial charge on any atom is -0.378 e. The van der Waals surface area contributed by atoms with Crippen LogP contribution in [-0.2, 0) is 0 Å². The van der Waals surface area contributed by atoms with E-state index in [1.807, 2.05) is 0 Å². The van der Waals surface area contributed by atoms with Gasteiger partial charge in [0.15, 0.2) is 5.16 Å². The number of anilines is 1. The van der Waals surface area contributed by atoms with Gasteiger partial charge in [0.2, 0.25) is 0 Å². The largest absolute Gasteiger partial charge is 0.378 e. The van der Waals surface area contributed by atoms with Crippen LogP contribution in [0.3, 0.4) is 0 Å². The Kier molecular flexibility index (Phi) is 4.03. The van der Waals surface area contributed by atoms with Crippen molar-refractivity contribution in [3.05, 3.63) is 53.0 Å². The minimum absolute atomic E-state index is 0.314. The third-order valence-corrected chi connectivity index (χ3v) is 4.49. The van der Waals surface area contributed by atoms with E-state index in [0.29, 0.717) is 6.04 Å². The second-order valence-electron chi connectivity index (χ2n) is 4.34. The van der Waals surface area contributed by atoms with Crippen LogP contribution in [0, 0.1) is 0 Å². The number of H-pyrrole nitrogens is 1. The van der Waals surface area contributed by atoms with Crippen LogP contribution in [0.15, 0.2) is 57.5 Å². The lowest BCUT2D eigenvalue weighted by molar-refractivity contribution is 0.890. The number of hydrogen-bond acceptors (Lipinski definition) is 5. The van der Waals surface area contributed by atoms with Gasteiger partial charge in [0.1, 0.15) is 6.33 Å². The molecular formula is C14H14N4S2. The van der Waals surface area contributed by atoms with Gasteiger partial charge in [-0.3, -0.25) is 5.10 Å². The molecule has 0 spiro atoms. The fraction of sp³-hybridized carbons (Fsp3) is 0.143. The molecule has 0 amide bonds. The predicted molar refractivity (Wildman–Crippen MR) is 83.3 cm³/mol. The summed E-state index contributed by atoms with van der Waals surface area (Å²) in [4.78, 5) is 5.23. The van der Waals surface area contributed by atoms with Gasteiger partial charge in [-0.15, -0.1) is 0 Å². The van der Waals surface area contributed by atoms with Crippen molar-refractivity contribution in [1.29, 1.82) is 0 Å². The third kappa shape index (κ3) is 3.20. The molecule has 2 N–H and O–H groups in total. The normalized spacial score (nSPS) is 12.2. The summed E-state index contributed by atoms with van der Waals surface area (Å²) in [6.45, 7) is 2.17. The molecule has 2 aromatic heterocycles. The lowest BCUT2D eigenvalue weighted by atomic mass is 10.2. The van der Waals surface area contributed by atoms with Gasteiger partial charge in [0.05, 0.1) is 0 Å². The number of aromatic amines is 1. The van der Waals surface area contributed by atoms with E-state index in [4.69, 9.17) is 0 Å². The molecule has 102 valence electrons. The minimum atomic E-state index is 0.314. The Morgan fingerprint density at radius 3 is 2.75 bits per heavy atom. The topological polar surface area (TPSA) is 53.6 Å². The van der Waals surface area contributed by atoms with Crippen LogP contribution in [0.2, 0.25) is 0 Å². The van der Waals surface area contributed by atoms with Crippen LogP contribution >= 0.6 is 23.1 Å². The number of hydrogen-bond donors (Lipinski definition) is 2. The number of rotatable bonds is 5. The van der Waals surface area contributed by atoms with Gasteiger partial charge >= 0.3 is 0 Å². The average molecular weight is 302 g/mol. The maximum absolute atomic E-state index is 4.10. The molecule has 0 aliphatic heterocycles. The van der Waals surface area contributed by atoms with Crippen molar-refractivity contribution in [3.63, 3.8) is 0 Å². The van der Waals surface area contributed by atoms with E-state index in [0.717, 1.165) is 15.7 Å². The summed E-state index contributed by atoms with van der Waals surface area (Å²) < 4.78 is 0. The molecule has 4 nitrogen and oxygen atoms in total. The van der Waals surface area contributed by atoms with Crippen molar-refractivity contribution in [3.8, 4) is 0 Å². The van der Waals surface area contributed by atoms with Gasteiger partial charge in [-0.25, -0.2) is 4.98 Å². The maximum atomic E-state index is 4.10. The Morgan fingerprint density at radius 1 is 1.25 bits per heavy atom. The molecule has 3 rings (SSSR count). The summed E-state index contributed by atoms with van der Waals surface area (Å²) in [6.07, 6.45) is 1.51. The number of aromatic nitrogens is 3. The lowest BCUT2D eigenvalue weighted by Crippen LogP contribution is -2.05. The molecule has 2 heterocycles. The molecule has 3 aromatic rings. The standard InChI is InChI=1S/C14H14N4S2/c1-10(11-6-7-19-8-11)17-12-2-4-13(5-3-12)20-14-15-9-16-18-14/h2-10,17H,1H3,(H,15,16,18). The summed E-state index contributed by atoms with van der Waals surface area (Å²) in [5.74, 6) is 0. The third-order valence-electron chi connectivity index (χ3n) is 2.89. The first kappa shape index (κ1) is 13.2. The maximum Gasteiger partial charge on any atom is 0.188 e. The summed E-state index contributed by atoms with van der Waals surface area (Å²) in [5.41, 5.74) is 2.43. The Bertz CT molecular complexity index is 632. The number of thiophene rings is 1. The van der Waals surface area contributed by atoms with Crippen molar-refractivity contribution in [2.45, 2.75) is 23.0 Å². The van der Waals surface area contributed by atoms with Crippen molar-refractivity contribution in [2.24, 2.45) is 0 Å². The summed E-state index contributed by atoms with van der Waals surface area (Å²) in [5, 5.41) is 15.2. The molecule has 1 aromatic carbocycles. The molecule has 0 saturated carbocycles. The van der Waals surface area contributed by atoms with Gasteiger partial charge in [-0.1, -0.05) is 11.8 Å². The van der Waals surface area contributed by atoms with Gasteiger partial charge in [0, 0.05) is 16.6 Å². The molecule has 0 bridgehead atoms. The zero-order valence-corrected chi connectivity index (χ0v) is 12.5. The van der Waals surface area contributed by atoms with E-state index >= 15 is 0 Å². The Labute approximate surface area is 125 Å². The summed E-state index contributed by atoms with van der Waals surface area (Å²) in [6, 6.07) is 10.8. The predicted octanol–water partition coefficient (Wildman–Crippen LogP) is 4.19. The number of nitrogens with zero attached hydrogens (tertiary/aromatic N) is 2. The molecule has 0 fully saturated rings. The zero-order chi connectivity index (χ0) is 13.8. The van der Waals surface area contributed by atoms with E-state index in [2.05, 4.69) is 68.5 Å². The average Bonchev–Trinajstić information content (AvgIpc) is 3.13. The first-order valence-electron chi connectivity index (χ1n) is 6.23. The number of nitrogens with one attached hydrogen (secondary N) is 2. The van der Waals surface area contributed by atoms with Gasteiger partial charge < -0.3 is 5.32 Å². The highest BCUT2D eigenvalue weighted by Gasteiger charge is 2.06. The van der Waals surface area contributed by atoms with Crippen LogP contribution in [0.1, 0.15) is 18.5 Å². The molecule has 1 atom stereocenters. The second-order valence-corrected chi connectivity index (χ2v) is 6.18. The molecule has 0 aliphatic carbocycles. The fourth-order valence-electron chi connectivity index (χ4n) is 1.83. The summed E-state index contributed by atoms with van der Waals surface area (Å²) in [7, 11) is 0. The Balaban J connectivity index is 1.64. The molecule has 20 heavy (non-hydrogen) atoms. The lowest BCUT2D eigenvalue weighted by Gasteiger charge is -2.14.